The highest BCUT2D eigenvalue weighted by molar-refractivity contribution is 6.09. The zero-order chi connectivity index (χ0) is 30.7. The zero-order valence-corrected chi connectivity index (χ0v) is 26.6. The van der Waals surface area contributed by atoms with Gasteiger partial charge in [0.15, 0.2) is 0 Å². The number of benzene rings is 1. The van der Waals surface area contributed by atoms with Crippen LogP contribution in [0.1, 0.15) is 78.8 Å². The maximum absolute atomic E-state index is 14.0. The van der Waals surface area contributed by atoms with Gasteiger partial charge in [-0.25, -0.2) is 4.98 Å². The van der Waals surface area contributed by atoms with E-state index in [0.717, 1.165) is 96.5 Å². The number of hydrogen-bond acceptors (Lipinski definition) is 5. The second-order valence-electron chi connectivity index (χ2n) is 12.0. The average molecular weight is 583 g/mol. The lowest BCUT2D eigenvalue weighted by atomic mass is 9.98. The highest BCUT2D eigenvalue weighted by atomic mass is 16.1. The zero-order valence-electron chi connectivity index (χ0n) is 26.6. The number of rotatable bonds is 10. The third kappa shape index (κ3) is 6.39. The highest BCUT2D eigenvalue weighted by Crippen LogP contribution is 2.34. The topological polar surface area (TPSA) is 86.3 Å². The molecule has 0 spiro atoms. The lowest BCUT2D eigenvalue weighted by molar-refractivity contribution is 0.0952. The predicted molar refractivity (Wildman–Crippen MR) is 176 cm³/mol. The molecule has 1 fully saturated rings. The van der Waals surface area contributed by atoms with E-state index in [1.165, 1.54) is 0 Å². The van der Waals surface area contributed by atoms with Crippen LogP contribution < -0.4 is 15.8 Å². The summed E-state index contributed by atoms with van der Waals surface area (Å²) in [5, 5.41) is 4.06. The number of piperazine rings is 1. The number of amides is 1. The smallest absolute Gasteiger partial charge is 0.253 e. The standard InChI is InChI=1S/C35H46N6O2/c1-7-10-25-17-24(5)38-35(43)30(25)21-37-34(42)29-18-27(19-31-33(29)23(4)22-41(31)28(8-2)9-3)26-11-12-32(36-20-26)40-15-13-39(6)14-16-40/h11-12,17-20,22,28H,7-10,13-16,21H2,1-6H3,(H,37,42)(H,38,43). The number of aromatic amines is 1. The molecule has 3 aromatic heterocycles. The number of nitrogens with one attached hydrogen (secondary N) is 2. The molecule has 5 rings (SSSR count). The number of nitrogens with zero attached hydrogens (tertiary/aromatic N) is 4. The summed E-state index contributed by atoms with van der Waals surface area (Å²) in [6, 6.07) is 10.7. The minimum Gasteiger partial charge on any atom is -0.354 e. The van der Waals surface area contributed by atoms with Gasteiger partial charge in [0, 0.05) is 84.4 Å². The third-order valence-corrected chi connectivity index (χ3v) is 8.92. The highest BCUT2D eigenvalue weighted by Gasteiger charge is 2.22. The molecule has 4 heterocycles. The van der Waals surface area contributed by atoms with Crippen molar-refractivity contribution in [1.82, 2.24) is 24.8 Å². The van der Waals surface area contributed by atoms with Gasteiger partial charge in [-0.3, -0.25) is 9.59 Å². The Morgan fingerprint density at radius 3 is 2.42 bits per heavy atom. The Bertz CT molecular complexity index is 1640. The molecule has 1 saturated heterocycles. The van der Waals surface area contributed by atoms with Crippen LogP contribution in [0.15, 0.2) is 47.5 Å². The number of H-pyrrole nitrogens is 1. The number of pyridine rings is 2. The van der Waals surface area contributed by atoms with Crippen molar-refractivity contribution in [3.8, 4) is 11.1 Å². The Hall–Kier alpha value is -3.91. The van der Waals surface area contributed by atoms with Crippen LogP contribution in [0.2, 0.25) is 0 Å². The van der Waals surface area contributed by atoms with Crippen LogP contribution in [-0.2, 0) is 13.0 Å². The maximum atomic E-state index is 14.0. The Labute approximate surface area is 255 Å². The van der Waals surface area contributed by atoms with E-state index >= 15 is 0 Å². The van der Waals surface area contributed by atoms with Crippen molar-refractivity contribution in [3.05, 3.63) is 81.0 Å². The molecule has 0 radical (unpaired) electrons. The Balaban J connectivity index is 1.53. The van der Waals surface area contributed by atoms with Crippen LogP contribution in [-0.4, -0.2) is 58.6 Å². The van der Waals surface area contributed by atoms with Crippen molar-refractivity contribution >= 4 is 22.6 Å². The van der Waals surface area contributed by atoms with Gasteiger partial charge in [0.05, 0.1) is 0 Å². The molecule has 0 unspecified atom stereocenters. The van der Waals surface area contributed by atoms with Crippen LogP contribution in [0, 0.1) is 13.8 Å². The van der Waals surface area contributed by atoms with Crippen molar-refractivity contribution in [2.24, 2.45) is 0 Å². The fourth-order valence-electron chi connectivity index (χ4n) is 6.43. The van der Waals surface area contributed by atoms with Crippen LogP contribution in [0.5, 0.6) is 0 Å². The van der Waals surface area contributed by atoms with Crippen LogP contribution >= 0.6 is 0 Å². The Morgan fingerprint density at radius 2 is 1.77 bits per heavy atom. The fourth-order valence-corrected chi connectivity index (χ4v) is 6.43. The first-order chi connectivity index (χ1) is 20.7. The quantitative estimate of drug-likeness (QED) is 0.239. The van der Waals surface area contributed by atoms with E-state index < -0.39 is 0 Å². The normalized spacial score (nSPS) is 14.2. The molecule has 8 heteroatoms. The number of fused-ring (bicyclic) bond motifs is 1. The third-order valence-electron chi connectivity index (χ3n) is 8.92. The van der Waals surface area contributed by atoms with E-state index in [9.17, 15) is 9.59 Å². The fraction of sp³-hybridized carbons (Fsp3) is 0.457. The molecular formula is C35H46N6O2. The first-order valence-corrected chi connectivity index (χ1v) is 15.8. The molecule has 0 aliphatic carbocycles. The van der Waals surface area contributed by atoms with E-state index in [2.05, 4.69) is 83.8 Å². The average Bonchev–Trinajstić information content (AvgIpc) is 3.33. The van der Waals surface area contributed by atoms with Crippen molar-refractivity contribution in [3.63, 3.8) is 0 Å². The van der Waals surface area contributed by atoms with E-state index in [0.29, 0.717) is 17.2 Å². The van der Waals surface area contributed by atoms with Crippen molar-refractivity contribution in [1.29, 1.82) is 0 Å². The second kappa shape index (κ2) is 13.2. The number of carbonyl (C=O) groups excluding carboxylic acids is 1. The molecule has 1 aromatic carbocycles. The number of aromatic nitrogens is 3. The van der Waals surface area contributed by atoms with Gasteiger partial charge in [-0.2, -0.15) is 0 Å². The summed E-state index contributed by atoms with van der Waals surface area (Å²) in [4.78, 5) is 39.2. The molecule has 1 aliphatic rings. The van der Waals surface area contributed by atoms with Crippen molar-refractivity contribution in [2.75, 3.05) is 38.1 Å². The number of hydrogen-bond donors (Lipinski definition) is 2. The molecule has 1 aliphatic heterocycles. The molecule has 0 saturated carbocycles. The van der Waals surface area contributed by atoms with Crippen LogP contribution in [0.4, 0.5) is 5.82 Å². The summed E-state index contributed by atoms with van der Waals surface area (Å²) in [5.41, 5.74) is 7.00. The second-order valence-corrected chi connectivity index (χ2v) is 12.0. The first kappa shape index (κ1) is 30.5. The Morgan fingerprint density at radius 1 is 1.02 bits per heavy atom. The SMILES string of the molecule is CCCc1cc(C)[nH]c(=O)c1CNC(=O)c1cc(-c2ccc(N3CCN(C)CC3)nc2)cc2c1c(C)cn2C(CC)CC. The van der Waals surface area contributed by atoms with Gasteiger partial charge < -0.3 is 24.7 Å². The summed E-state index contributed by atoms with van der Waals surface area (Å²) in [7, 11) is 2.15. The van der Waals surface area contributed by atoms with Gasteiger partial charge in [-0.1, -0.05) is 27.2 Å². The van der Waals surface area contributed by atoms with E-state index in [1.807, 2.05) is 25.3 Å². The largest absolute Gasteiger partial charge is 0.354 e. The Kier molecular flexibility index (Phi) is 9.35. The minimum atomic E-state index is -0.179. The molecule has 2 N–H and O–H groups in total. The van der Waals surface area contributed by atoms with Gasteiger partial charge in [0.1, 0.15) is 5.82 Å². The molecule has 8 nitrogen and oxygen atoms in total. The van der Waals surface area contributed by atoms with Gasteiger partial charge in [-0.15, -0.1) is 0 Å². The number of anilines is 1. The number of aryl methyl sites for hydroxylation is 3. The molecule has 228 valence electrons. The minimum absolute atomic E-state index is 0.134. The summed E-state index contributed by atoms with van der Waals surface area (Å²) in [6.07, 6.45) is 7.84. The molecule has 1 amide bonds. The first-order valence-electron chi connectivity index (χ1n) is 15.8. The summed E-state index contributed by atoms with van der Waals surface area (Å²) >= 11 is 0. The molecule has 0 atom stereocenters. The maximum Gasteiger partial charge on any atom is 0.253 e. The molecular weight excluding hydrogens is 536 g/mol. The predicted octanol–water partition coefficient (Wildman–Crippen LogP) is 6.00. The molecule has 4 aromatic rings. The van der Waals surface area contributed by atoms with E-state index in [-0.39, 0.29) is 18.0 Å². The number of likely N-dealkylation sites (N-methyl/N-ethyl adjacent to an activating group) is 1. The summed E-state index contributed by atoms with van der Waals surface area (Å²) < 4.78 is 2.33. The van der Waals surface area contributed by atoms with Crippen LogP contribution in [0.3, 0.4) is 0 Å². The van der Waals surface area contributed by atoms with Crippen LogP contribution in [0.25, 0.3) is 22.0 Å². The molecule has 43 heavy (non-hydrogen) atoms. The van der Waals surface area contributed by atoms with Gasteiger partial charge in [-0.05, 0) is 87.2 Å². The van der Waals surface area contributed by atoms with E-state index in [4.69, 9.17) is 4.98 Å². The summed E-state index contributed by atoms with van der Waals surface area (Å²) in [5.74, 6) is 0.806. The lowest BCUT2D eigenvalue weighted by Crippen LogP contribution is -2.44. The lowest BCUT2D eigenvalue weighted by Gasteiger charge is -2.33. The summed E-state index contributed by atoms with van der Waals surface area (Å²) in [6.45, 7) is 14.7. The monoisotopic (exact) mass is 582 g/mol. The van der Waals surface area contributed by atoms with Crippen molar-refractivity contribution < 1.29 is 4.79 Å². The molecule has 0 bridgehead atoms. The van der Waals surface area contributed by atoms with Gasteiger partial charge >= 0.3 is 0 Å². The van der Waals surface area contributed by atoms with Crippen molar-refractivity contribution in [2.45, 2.75) is 72.9 Å². The van der Waals surface area contributed by atoms with Gasteiger partial charge in [0.25, 0.3) is 11.5 Å². The van der Waals surface area contributed by atoms with Gasteiger partial charge in [0.2, 0.25) is 0 Å². The number of carbonyl (C=O) groups is 1. The van der Waals surface area contributed by atoms with E-state index in [1.54, 1.807) is 0 Å².